The molecule has 1 saturated heterocycles. The standard InChI is InChI=1S/C23H30BrN3O4S2/c1-15(2)31-23(28)26-18-8-5-16(6-9-18)22-25-14-20(32-22)19-10-7-17(24)13-21(19)33(29,30)27-11-3-4-12-27/h7,10,13-16,18H,3-6,8-9,11-12H2,1-2H3,(H,26,28)/t16-,18-. The van der Waals surface area contributed by atoms with Gasteiger partial charge in [-0.2, -0.15) is 4.31 Å². The summed E-state index contributed by atoms with van der Waals surface area (Å²) in [7, 11) is -3.55. The van der Waals surface area contributed by atoms with Gasteiger partial charge >= 0.3 is 6.09 Å². The quantitative estimate of drug-likeness (QED) is 0.507. The SMILES string of the molecule is CC(C)OC(=O)N[C@H]1CC[C@H](c2ncc(-c3ccc(Br)cc3S(=O)(=O)N3CCCC3)s2)CC1. The zero-order valence-electron chi connectivity index (χ0n) is 18.9. The van der Waals surface area contributed by atoms with Crippen LogP contribution in [0.25, 0.3) is 10.4 Å². The Bertz CT molecular complexity index is 1090. The Kier molecular flexibility index (Phi) is 7.77. The van der Waals surface area contributed by atoms with Crippen LogP contribution in [0.1, 0.15) is 63.3 Å². The van der Waals surface area contributed by atoms with Gasteiger partial charge < -0.3 is 10.1 Å². The molecule has 1 aromatic carbocycles. The lowest BCUT2D eigenvalue weighted by Gasteiger charge is -2.28. The van der Waals surface area contributed by atoms with E-state index < -0.39 is 10.0 Å². The van der Waals surface area contributed by atoms with Crippen LogP contribution in [0.4, 0.5) is 4.79 Å². The van der Waals surface area contributed by atoms with Crippen molar-refractivity contribution in [2.45, 2.75) is 75.3 Å². The zero-order valence-corrected chi connectivity index (χ0v) is 22.1. The van der Waals surface area contributed by atoms with Crippen molar-refractivity contribution in [2.75, 3.05) is 13.1 Å². The van der Waals surface area contributed by atoms with E-state index in [9.17, 15) is 13.2 Å². The molecule has 0 radical (unpaired) electrons. The van der Waals surface area contributed by atoms with E-state index in [2.05, 4.69) is 26.2 Å². The topological polar surface area (TPSA) is 88.6 Å². The number of amides is 1. The van der Waals surface area contributed by atoms with E-state index in [1.54, 1.807) is 27.9 Å². The summed E-state index contributed by atoms with van der Waals surface area (Å²) in [5.74, 6) is 0.317. The van der Waals surface area contributed by atoms with Gasteiger partial charge in [0.15, 0.2) is 0 Å². The number of thiazole rings is 1. The molecule has 33 heavy (non-hydrogen) atoms. The number of hydrogen-bond acceptors (Lipinski definition) is 6. The van der Waals surface area contributed by atoms with Crippen molar-refractivity contribution in [3.8, 4) is 10.4 Å². The minimum atomic E-state index is -3.55. The van der Waals surface area contributed by atoms with E-state index in [1.165, 1.54) is 0 Å². The highest BCUT2D eigenvalue weighted by Gasteiger charge is 2.31. The number of aromatic nitrogens is 1. The fourth-order valence-corrected chi connectivity index (χ4v) is 7.93. The molecule has 2 aliphatic rings. The van der Waals surface area contributed by atoms with Gasteiger partial charge in [-0.05, 0) is 64.5 Å². The molecule has 1 aromatic heterocycles. The molecular formula is C23H30BrN3O4S2. The third-order valence-electron chi connectivity index (χ3n) is 6.16. The van der Waals surface area contributed by atoms with Gasteiger partial charge in [0.25, 0.3) is 0 Å². The van der Waals surface area contributed by atoms with Crippen LogP contribution in [-0.4, -0.2) is 49.0 Å². The fraction of sp³-hybridized carbons (Fsp3) is 0.565. The molecule has 0 spiro atoms. The minimum absolute atomic E-state index is 0.121. The van der Waals surface area contributed by atoms with Gasteiger partial charge in [0, 0.05) is 41.3 Å². The predicted octanol–water partition coefficient (Wildman–Crippen LogP) is 5.52. The number of benzene rings is 1. The van der Waals surface area contributed by atoms with Crippen molar-refractivity contribution in [1.29, 1.82) is 0 Å². The van der Waals surface area contributed by atoms with Crippen LogP contribution in [0.15, 0.2) is 33.8 Å². The summed E-state index contributed by atoms with van der Waals surface area (Å²) in [6, 6.07) is 5.57. The maximum Gasteiger partial charge on any atom is 0.407 e. The van der Waals surface area contributed by atoms with Crippen molar-refractivity contribution < 1.29 is 17.9 Å². The highest BCUT2D eigenvalue weighted by molar-refractivity contribution is 9.10. The summed E-state index contributed by atoms with van der Waals surface area (Å²) in [6.07, 6.45) is 6.73. The summed E-state index contributed by atoms with van der Waals surface area (Å²) >= 11 is 5.01. The molecule has 0 atom stereocenters. The van der Waals surface area contributed by atoms with E-state index in [0.29, 0.717) is 29.5 Å². The van der Waals surface area contributed by atoms with Crippen LogP contribution in [-0.2, 0) is 14.8 Å². The Labute approximate surface area is 208 Å². The number of nitrogens with zero attached hydrogens (tertiary/aromatic N) is 2. The Morgan fingerprint density at radius 3 is 2.58 bits per heavy atom. The van der Waals surface area contributed by atoms with Gasteiger partial charge in [-0.15, -0.1) is 11.3 Å². The minimum Gasteiger partial charge on any atom is -0.447 e. The molecule has 0 bridgehead atoms. The van der Waals surface area contributed by atoms with Crippen LogP contribution in [0.2, 0.25) is 0 Å². The third-order valence-corrected chi connectivity index (χ3v) is 9.78. The predicted molar refractivity (Wildman–Crippen MR) is 133 cm³/mol. The van der Waals surface area contributed by atoms with Gasteiger partial charge in [0.2, 0.25) is 10.0 Å². The Morgan fingerprint density at radius 1 is 1.21 bits per heavy atom. The highest BCUT2D eigenvalue weighted by atomic mass is 79.9. The second-order valence-electron chi connectivity index (χ2n) is 8.96. The van der Waals surface area contributed by atoms with Crippen molar-refractivity contribution in [3.63, 3.8) is 0 Å². The molecule has 2 aromatic rings. The molecule has 2 fully saturated rings. The molecule has 1 saturated carbocycles. The van der Waals surface area contributed by atoms with Crippen LogP contribution in [0.3, 0.4) is 0 Å². The first-order valence-corrected chi connectivity index (χ1v) is 14.5. The van der Waals surface area contributed by atoms with E-state index in [4.69, 9.17) is 4.74 Å². The van der Waals surface area contributed by atoms with Crippen LogP contribution in [0, 0.1) is 0 Å². The van der Waals surface area contributed by atoms with Crippen LogP contribution < -0.4 is 5.32 Å². The molecule has 10 heteroatoms. The number of carbonyl (C=O) groups excluding carboxylic acids is 1. The van der Waals surface area contributed by atoms with Gasteiger partial charge in [-0.3, -0.25) is 0 Å². The highest BCUT2D eigenvalue weighted by Crippen LogP contribution is 2.40. The average Bonchev–Trinajstić information content (AvgIpc) is 3.46. The monoisotopic (exact) mass is 555 g/mol. The van der Waals surface area contributed by atoms with Crippen molar-refractivity contribution in [2.24, 2.45) is 0 Å². The lowest BCUT2D eigenvalue weighted by atomic mass is 9.86. The molecule has 1 amide bonds. The number of halogens is 1. The van der Waals surface area contributed by atoms with E-state index in [0.717, 1.165) is 52.9 Å². The summed E-state index contributed by atoms with van der Waals surface area (Å²) in [6.45, 7) is 4.82. The first-order chi connectivity index (χ1) is 15.7. The van der Waals surface area contributed by atoms with E-state index in [1.807, 2.05) is 26.0 Å². The summed E-state index contributed by atoms with van der Waals surface area (Å²) in [4.78, 5) is 17.7. The molecule has 2 heterocycles. The molecule has 180 valence electrons. The van der Waals surface area contributed by atoms with Gasteiger partial charge in [-0.1, -0.05) is 22.0 Å². The van der Waals surface area contributed by atoms with Crippen LogP contribution >= 0.6 is 27.3 Å². The van der Waals surface area contributed by atoms with Gasteiger partial charge in [0.05, 0.1) is 20.9 Å². The molecule has 1 aliphatic carbocycles. The van der Waals surface area contributed by atoms with Crippen molar-refractivity contribution in [3.05, 3.63) is 33.9 Å². The number of alkyl carbamates (subject to hydrolysis) is 1. The third kappa shape index (κ3) is 5.78. The second-order valence-corrected chi connectivity index (χ2v) is 12.8. The number of ether oxygens (including phenoxy) is 1. The van der Waals surface area contributed by atoms with E-state index >= 15 is 0 Å². The maximum absolute atomic E-state index is 13.3. The molecule has 7 nitrogen and oxygen atoms in total. The first-order valence-electron chi connectivity index (χ1n) is 11.5. The summed E-state index contributed by atoms with van der Waals surface area (Å²) in [5.41, 5.74) is 0.709. The summed E-state index contributed by atoms with van der Waals surface area (Å²) in [5, 5.41) is 3.98. The van der Waals surface area contributed by atoms with Gasteiger partial charge in [-0.25, -0.2) is 18.2 Å². The molecular weight excluding hydrogens is 526 g/mol. The van der Waals surface area contributed by atoms with Crippen LogP contribution in [0.5, 0.6) is 0 Å². The normalized spacial score (nSPS) is 21.9. The zero-order chi connectivity index (χ0) is 23.6. The average molecular weight is 557 g/mol. The van der Waals surface area contributed by atoms with E-state index in [-0.39, 0.29) is 18.2 Å². The Morgan fingerprint density at radius 2 is 1.91 bits per heavy atom. The molecule has 1 aliphatic heterocycles. The largest absolute Gasteiger partial charge is 0.447 e. The fourth-order valence-electron chi connectivity index (χ4n) is 4.48. The number of nitrogens with one attached hydrogen (secondary N) is 1. The van der Waals surface area contributed by atoms with Crippen molar-refractivity contribution in [1.82, 2.24) is 14.6 Å². The lowest BCUT2D eigenvalue weighted by molar-refractivity contribution is 0.109. The lowest BCUT2D eigenvalue weighted by Crippen LogP contribution is -2.38. The van der Waals surface area contributed by atoms with Gasteiger partial charge in [0.1, 0.15) is 0 Å². The number of rotatable bonds is 6. The molecule has 4 rings (SSSR count). The Hall–Kier alpha value is -1.49. The number of sulfonamides is 1. The maximum atomic E-state index is 13.3. The molecule has 0 unspecified atom stereocenters. The first kappa shape index (κ1) is 24.6. The summed E-state index contributed by atoms with van der Waals surface area (Å²) < 4.78 is 34.2. The number of carbonyl (C=O) groups is 1. The second kappa shape index (κ2) is 10.4. The smallest absolute Gasteiger partial charge is 0.407 e. The van der Waals surface area contributed by atoms with Crippen molar-refractivity contribution >= 4 is 43.4 Å². The number of hydrogen-bond donors (Lipinski definition) is 1. The molecule has 1 N–H and O–H groups in total. The Balaban J connectivity index is 1.48.